The second-order valence-electron chi connectivity index (χ2n) is 5.83. The zero-order valence-corrected chi connectivity index (χ0v) is 15.7. The molecule has 0 N–H and O–H groups in total. The third-order valence-electron chi connectivity index (χ3n) is 3.85. The zero-order chi connectivity index (χ0) is 18.6. The molecule has 1 amide bonds. The molecule has 5 heteroatoms. The van der Waals surface area contributed by atoms with Crippen molar-refractivity contribution in [1.82, 2.24) is 0 Å². The summed E-state index contributed by atoms with van der Waals surface area (Å²) in [4.78, 5) is 17.0. The van der Waals surface area contributed by atoms with Gasteiger partial charge in [0.15, 0.2) is 0 Å². The van der Waals surface area contributed by atoms with Crippen molar-refractivity contribution in [2.75, 3.05) is 0 Å². The first-order chi connectivity index (χ1) is 13.2. The predicted octanol–water partition coefficient (Wildman–Crippen LogP) is 6.19. The molecule has 0 aliphatic carbocycles. The summed E-state index contributed by atoms with van der Waals surface area (Å²) >= 11 is 7.28. The minimum Gasteiger partial charge on any atom is -0.457 e. The van der Waals surface area contributed by atoms with Crippen molar-refractivity contribution in [1.29, 1.82) is 0 Å². The van der Waals surface area contributed by atoms with Gasteiger partial charge in [0.1, 0.15) is 16.5 Å². The number of halogens is 1. The number of hydrogen-bond donors (Lipinski definition) is 0. The molecule has 3 nitrogen and oxygen atoms in total. The molecule has 132 valence electrons. The van der Waals surface area contributed by atoms with Crippen molar-refractivity contribution in [3.05, 3.63) is 99.9 Å². The molecule has 1 heterocycles. The van der Waals surface area contributed by atoms with Crippen LogP contribution in [0.4, 0.5) is 0 Å². The minimum absolute atomic E-state index is 0.237. The normalized spacial score (nSPS) is 15.1. The number of para-hydroxylation sites is 1. The van der Waals surface area contributed by atoms with Crippen LogP contribution in [0.25, 0.3) is 6.08 Å². The zero-order valence-electron chi connectivity index (χ0n) is 14.1. The lowest BCUT2D eigenvalue weighted by Gasteiger charge is -2.06. The average Bonchev–Trinajstić information content (AvgIpc) is 3.04. The molecule has 27 heavy (non-hydrogen) atoms. The molecule has 0 radical (unpaired) electrons. The number of amides is 1. The smallest absolute Gasteiger partial charge is 0.284 e. The Kier molecular flexibility index (Phi) is 5.10. The van der Waals surface area contributed by atoms with Crippen molar-refractivity contribution < 1.29 is 9.53 Å². The molecule has 0 atom stereocenters. The second-order valence-corrected chi connectivity index (χ2v) is 7.29. The number of nitrogens with zero attached hydrogens (tertiary/aromatic N) is 1. The molecule has 3 aromatic carbocycles. The standard InChI is InChI=1S/C22H14ClNO2S/c23-17-11-9-16(10-12-17)22-24-21(25)20(27-22)14-15-5-4-8-19(13-15)26-18-6-2-1-3-7-18/h1-14H/b20-14-. The number of carbonyl (C=O) groups excluding carboxylic acids is 1. The van der Waals surface area contributed by atoms with Crippen LogP contribution in [0.5, 0.6) is 11.5 Å². The molecule has 0 saturated heterocycles. The summed E-state index contributed by atoms with van der Waals surface area (Å²) < 4.78 is 5.85. The number of hydrogen-bond acceptors (Lipinski definition) is 3. The van der Waals surface area contributed by atoms with Crippen LogP contribution in [-0.2, 0) is 4.79 Å². The maximum Gasteiger partial charge on any atom is 0.284 e. The summed E-state index contributed by atoms with van der Waals surface area (Å²) in [5.41, 5.74) is 1.76. The van der Waals surface area contributed by atoms with E-state index in [1.54, 1.807) is 12.1 Å². The molecule has 0 bridgehead atoms. The average molecular weight is 392 g/mol. The fourth-order valence-corrected chi connectivity index (χ4v) is 3.61. The highest BCUT2D eigenvalue weighted by molar-refractivity contribution is 8.19. The fourth-order valence-electron chi connectivity index (χ4n) is 2.57. The van der Waals surface area contributed by atoms with Crippen LogP contribution in [0, 0.1) is 0 Å². The molecule has 3 aromatic rings. The number of aliphatic imine (C=N–C) groups is 1. The Morgan fingerprint density at radius 3 is 2.41 bits per heavy atom. The van der Waals surface area contributed by atoms with Crippen molar-refractivity contribution in [3.8, 4) is 11.5 Å². The fraction of sp³-hybridized carbons (Fsp3) is 0. The largest absolute Gasteiger partial charge is 0.457 e. The van der Waals surface area contributed by atoms with Gasteiger partial charge in [-0.1, -0.05) is 65.8 Å². The first-order valence-electron chi connectivity index (χ1n) is 8.29. The first-order valence-corrected chi connectivity index (χ1v) is 9.48. The van der Waals surface area contributed by atoms with Gasteiger partial charge in [0.25, 0.3) is 5.91 Å². The maximum atomic E-state index is 12.3. The van der Waals surface area contributed by atoms with Gasteiger partial charge in [-0.05, 0) is 48.0 Å². The third kappa shape index (κ3) is 4.30. The van der Waals surface area contributed by atoms with E-state index in [-0.39, 0.29) is 5.91 Å². The van der Waals surface area contributed by atoms with Gasteiger partial charge in [-0.15, -0.1) is 0 Å². The highest BCUT2D eigenvalue weighted by atomic mass is 35.5. The van der Waals surface area contributed by atoms with Crippen LogP contribution in [-0.4, -0.2) is 11.0 Å². The number of benzene rings is 3. The van der Waals surface area contributed by atoms with Gasteiger partial charge < -0.3 is 4.74 Å². The summed E-state index contributed by atoms with van der Waals surface area (Å²) in [6.45, 7) is 0. The van der Waals surface area contributed by atoms with Crippen molar-refractivity contribution in [2.45, 2.75) is 0 Å². The number of ether oxygens (including phenoxy) is 1. The van der Waals surface area contributed by atoms with E-state index in [9.17, 15) is 4.79 Å². The summed E-state index contributed by atoms with van der Waals surface area (Å²) in [6, 6.07) is 24.5. The Balaban J connectivity index is 1.53. The molecule has 1 aliphatic heterocycles. The molecule has 1 aliphatic rings. The Hall–Kier alpha value is -2.82. The van der Waals surface area contributed by atoms with Crippen LogP contribution in [0.2, 0.25) is 5.02 Å². The Labute approximate surface area is 166 Å². The van der Waals surface area contributed by atoms with Crippen molar-refractivity contribution in [3.63, 3.8) is 0 Å². The van der Waals surface area contributed by atoms with Gasteiger partial charge in [0.2, 0.25) is 0 Å². The minimum atomic E-state index is -0.237. The Bertz CT molecular complexity index is 1040. The lowest BCUT2D eigenvalue weighted by Crippen LogP contribution is -1.90. The van der Waals surface area contributed by atoms with E-state index in [2.05, 4.69) is 4.99 Å². The Morgan fingerprint density at radius 1 is 0.889 bits per heavy atom. The molecule has 0 spiro atoms. The van der Waals surface area contributed by atoms with E-state index in [1.165, 1.54) is 11.8 Å². The highest BCUT2D eigenvalue weighted by Gasteiger charge is 2.22. The van der Waals surface area contributed by atoms with E-state index in [1.807, 2.05) is 72.8 Å². The van der Waals surface area contributed by atoms with E-state index < -0.39 is 0 Å². The van der Waals surface area contributed by atoms with Crippen molar-refractivity contribution in [2.24, 2.45) is 4.99 Å². The van der Waals surface area contributed by atoms with Crippen LogP contribution in [0.3, 0.4) is 0 Å². The molecule has 4 rings (SSSR count). The lowest BCUT2D eigenvalue weighted by atomic mass is 10.2. The first kappa shape index (κ1) is 17.6. The summed E-state index contributed by atoms with van der Waals surface area (Å²) in [5.74, 6) is 1.24. The number of carbonyl (C=O) groups is 1. The maximum absolute atomic E-state index is 12.3. The van der Waals surface area contributed by atoms with E-state index in [0.717, 1.165) is 16.9 Å². The topological polar surface area (TPSA) is 38.7 Å². The molecular formula is C22H14ClNO2S. The van der Waals surface area contributed by atoms with Crippen LogP contribution in [0.1, 0.15) is 11.1 Å². The SMILES string of the molecule is O=C1N=C(c2ccc(Cl)cc2)S/C1=C\c1cccc(Oc2ccccc2)c1. The Morgan fingerprint density at radius 2 is 1.63 bits per heavy atom. The van der Waals surface area contributed by atoms with Gasteiger partial charge in [-0.25, -0.2) is 4.99 Å². The van der Waals surface area contributed by atoms with E-state index in [4.69, 9.17) is 16.3 Å². The van der Waals surface area contributed by atoms with Gasteiger partial charge in [-0.3, -0.25) is 4.79 Å². The molecule has 0 unspecified atom stereocenters. The van der Waals surface area contributed by atoms with E-state index in [0.29, 0.717) is 20.7 Å². The number of rotatable bonds is 4. The van der Waals surface area contributed by atoms with Gasteiger partial charge in [0, 0.05) is 10.6 Å². The molecule has 0 fully saturated rings. The van der Waals surface area contributed by atoms with Gasteiger partial charge in [-0.2, -0.15) is 0 Å². The second kappa shape index (κ2) is 7.82. The molecular weight excluding hydrogens is 378 g/mol. The van der Waals surface area contributed by atoms with E-state index >= 15 is 0 Å². The molecule has 0 saturated carbocycles. The monoisotopic (exact) mass is 391 g/mol. The lowest BCUT2D eigenvalue weighted by molar-refractivity contribution is -0.113. The van der Waals surface area contributed by atoms with Crippen LogP contribution >= 0.6 is 23.4 Å². The molecule has 0 aromatic heterocycles. The third-order valence-corrected chi connectivity index (χ3v) is 5.13. The van der Waals surface area contributed by atoms with Gasteiger partial charge in [0.05, 0.1) is 4.91 Å². The van der Waals surface area contributed by atoms with Crippen molar-refractivity contribution >= 4 is 40.4 Å². The van der Waals surface area contributed by atoms with Crippen LogP contribution < -0.4 is 4.74 Å². The summed E-state index contributed by atoms with van der Waals surface area (Å²) in [6.07, 6.45) is 1.83. The van der Waals surface area contributed by atoms with Gasteiger partial charge >= 0.3 is 0 Å². The van der Waals surface area contributed by atoms with Crippen LogP contribution in [0.15, 0.2) is 88.8 Å². The predicted molar refractivity (Wildman–Crippen MR) is 112 cm³/mol. The summed E-state index contributed by atoms with van der Waals surface area (Å²) in [5, 5.41) is 1.33. The highest BCUT2D eigenvalue weighted by Crippen LogP contribution is 2.33. The summed E-state index contributed by atoms with van der Waals surface area (Å²) in [7, 11) is 0. The quantitative estimate of drug-likeness (QED) is 0.497. The number of thioether (sulfide) groups is 1.